The van der Waals surface area contributed by atoms with Gasteiger partial charge in [-0.15, -0.1) is 0 Å². The lowest BCUT2D eigenvalue weighted by Gasteiger charge is -2.37. The van der Waals surface area contributed by atoms with E-state index in [2.05, 4.69) is 4.98 Å². The summed E-state index contributed by atoms with van der Waals surface area (Å²) in [5.41, 5.74) is 5.64. The number of ether oxygens (including phenoxy) is 1. The summed E-state index contributed by atoms with van der Waals surface area (Å²) in [6.45, 7) is 3.51. The van der Waals surface area contributed by atoms with Gasteiger partial charge in [-0.2, -0.15) is 0 Å². The van der Waals surface area contributed by atoms with E-state index in [4.69, 9.17) is 10.5 Å². The molecule has 2 atom stereocenters. The molecular formula is C12H19N3O3S. The van der Waals surface area contributed by atoms with Crippen molar-refractivity contribution < 1.29 is 13.2 Å². The van der Waals surface area contributed by atoms with E-state index in [1.807, 2.05) is 11.8 Å². The number of hydrogen-bond donors (Lipinski definition) is 1. The van der Waals surface area contributed by atoms with Gasteiger partial charge in [0.2, 0.25) is 0 Å². The van der Waals surface area contributed by atoms with Gasteiger partial charge in [-0.3, -0.25) is 0 Å². The van der Waals surface area contributed by atoms with Crippen molar-refractivity contribution in [2.45, 2.75) is 24.0 Å². The first-order chi connectivity index (χ1) is 8.91. The molecule has 0 aliphatic carbocycles. The number of aromatic nitrogens is 1. The predicted octanol–water partition coefficient (Wildman–Crippen LogP) is 0.0375. The van der Waals surface area contributed by atoms with Gasteiger partial charge in [-0.05, 0) is 19.1 Å². The molecule has 0 radical (unpaired) electrons. The monoisotopic (exact) mass is 285 g/mol. The van der Waals surface area contributed by atoms with Crippen molar-refractivity contribution >= 4 is 15.7 Å². The Labute approximate surface area is 113 Å². The molecule has 1 fully saturated rings. The fourth-order valence-electron chi connectivity index (χ4n) is 2.26. The van der Waals surface area contributed by atoms with Crippen LogP contribution in [0.1, 0.15) is 6.92 Å². The normalized spacial score (nSPS) is 24.5. The minimum Gasteiger partial charge on any atom is -0.370 e. The van der Waals surface area contributed by atoms with Crippen molar-refractivity contribution in [1.82, 2.24) is 4.98 Å². The quantitative estimate of drug-likeness (QED) is 0.844. The SMILES string of the molecule is CC1CN(c2ncccc2S(C)(=O)=O)CC(CN)O1. The van der Waals surface area contributed by atoms with Crippen LogP contribution in [-0.4, -0.2) is 51.5 Å². The van der Waals surface area contributed by atoms with E-state index < -0.39 is 9.84 Å². The molecule has 1 saturated heterocycles. The number of sulfone groups is 1. The molecule has 0 saturated carbocycles. The van der Waals surface area contributed by atoms with Crippen molar-refractivity contribution in [2.75, 3.05) is 30.8 Å². The zero-order valence-corrected chi connectivity index (χ0v) is 11.9. The number of hydrogen-bond acceptors (Lipinski definition) is 6. The molecule has 0 amide bonds. The molecule has 0 spiro atoms. The van der Waals surface area contributed by atoms with E-state index >= 15 is 0 Å². The molecule has 2 unspecified atom stereocenters. The topological polar surface area (TPSA) is 85.5 Å². The van der Waals surface area contributed by atoms with E-state index in [1.54, 1.807) is 18.3 Å². The smallest absolute Gasteiger partial charge is 0.179 e. The molecule has 2 heterocycles. The first-order valence-corrected chi connectivity index (χ1v) is 8.06. The summed E-state index contributed by atoms with van der Waals surface area (Å²) in [6.07, 6.45) is 2.69. The van der Waals surface area contributed by atoms with Gasteiger partial charge >= 0.3 is 0 Å². The number of morpholine rings is 1. The van der Waals surface area contributed by atoms with Crippen LogP contribution in [0.2, 0.25) is 0 Å². The van der Waals surface area contributed by atoms with Crippen LogP contribution in [0.25, 0.3) is 0 Å². The fourth-order valence-corrected chi connectivity index (χ4v) is 3.10. The molecule has 7 heteroatoms. The van der Waals surface area contributed by atoms with E-state index in [0.717, 1.165) is 0 Å². The third kappa shape index (κ3) is 3.23. The van der Waals surface area contributed by atoms with Gasteiger partial charge < -0.3 is 15.4 Å². The highest BCUT2D eigenvalue weighted by molar-refractivity contribution is 7.90. The number of nitrogens with zero attached hydrogens (tertiary/aromatic N) is 2. The zero-order valence-electron chi connectivity index (χ0n) is 11.1. The number of nitrogens with two attached hydrogens (primary N) is 1. The summed E-state index contributed by atoms with van der Waals surface area (Å²) in [6, 6.07) is 3.21. The molecule has 1 aromatic heterocycles. The Morgan fingerprint density at radius 2 is 2.26 bits per heavy atom. The van der Waals surface area contributed by atoms with Crippen molar-refractivity contribution in [3.05, 3.63) is 18.3 Å². The van der Waals surface area contributed by atoms with Crippen molar-refractivity contribution in [3.63, 3.8) is 0 Å². The lowest BCUT2D eigenvalue weighted by atomic mass is 10.2. The van der Waals surface area contributed by atoms with E-state index in [1.165, 1.54) is 6.26 Å². The van der Waals surface area contributed by atoms with Crippen LogP contribution in [0.4, 0.5) is 5.82 Å². The molecular weight excluding hydrogens is 266 g/mol. The number of pyridine rings is 1. The second-order valence-corrected chi connectivity index (χ2v) is 6.79. The third-order valence-corrected chi connectivity index (χ3v) is 4.16. The van der Waals surface area contributed by atoms with Crippen molar-refractivity contribution in [2.24, 2.45) is 5.73 Å². The summed E-state index contributed by atoms with van der Waals surface area (Å²) in [5, 5.41) is 0. The Morgan fingerprint density at radius 3 is 2.89 bits per heavy atom. The molecule has 19 heavy (non-hydrogen) atoms. The molecule has 0 bridgehead atoms. The number of anilines is 1. The van der Waals surface area contributed by atoms with Gasteiger partial charge in [0.25, 0.3) is 0 Å². The van der Waals surface area contributed by atoms with Crippen LogP contribution in [0.15, 0.2) is 23.2 Å². The molecule has 0 aromatic carbocycles. The Balaban J connectivity index is 2.36. The molecule has 106 valence electrons. The van der Waals surface area contributed by atoms with E-state index in [-0.39, 0.29) is 17.1 Å². The standard InChI is InChI=1S/C12H19N3O3S/c1-9-7-15(8-10(6-13)18-9)12-11(19(2,16)17)4-3-5-14-12/h3-5,9-10H,6-8,13H2,1-2H3. The third-order valence-electron chi connectivity index (χ3n) is 3.04. The van der Waals surface area contributed by atoms with Crippen LogP contribution in [0, 0.1) is 0 Å². The fraction of sp³-hybridized carbons (Fsp3) is 0.583. The van der Waals surface area contributed by atoms with E-state index in [0.29, 0.717) is 25.5 Å². The molecule has 6 nitrogen and oxygen atoms in total. The Bertz CT molecular complexity index is 547. The summed E-state index contributed by atoms with van der Waals surface area (Å²) in [4.78, 5) is 6.40. The molecule has 2 N–H and O–H groups in total. The highest BCUT2D eigenvalue weighted by Gasteiger charge is 2.28. The molecule has 1 aromatic rings. The number of rotatable bonds is 3. The van der Waals surface area contributed by atoms with Crippen LogP contribution in [-0.2, 0) is 14.6 Å². The summed E-state index contributed by atoms with van der Waals surface area (Å²) < 4.78 is 29.3. The molecule has 1 aliphatic heterocycles. The van der Waals surface area contributed by atoms with Gasteiger partial charge in [-0.25, -0.2) is 13.4 Å². The second kappa shape index (κ2) is 5.44. The van der Waals surface area contributed by atoms with Crippen molar-refractivity contribution in [3.8, 4) is 0 Å². The highest BCUT2D eigenvalue weighted by atomic mass is 32.2. The summed E-state index contributed by atoms with van der Waals surface area (Å²) in [5.74, 6) is 0.485. The summed E-state index contributed by atoms with van der Waals surface area (Å²) >= 11 is 0. The van der Waals surface area contributed by atoms with Gasteiger partial charge in [0.1, 0.15) is 10.7 Å². The summed E-state index contributed by atoms with van der Waals surface area (Å²) in [7, 11) is -3.30. The maximum absolute atomic E-state index is 11.8. The first kappa shape index (κ1) is 14.2. The maximum Gasteiger partial charge on any atom is 0.179 e. The highest BCUT2D eigenvalue weighted by Crippen LogP contribution is 2.25. The van der Waals surface area contributed by atoms with Crippen LogP contribution < -0.4 is 10.6 Å². The Hall–Kier alpha value is -1.18. The Morgan fingerprint density at radius 1 is 1.53 bits per heavy atom. The predicted molar refractivity (Wildman–Crippen MR) is 72.9 cm³/mol. The van der Waals surface area contributed by atoms with Gasteiger partial charge in [0.05, 0.1) is 12.2 Å². The minimum absolute atomic E-state index is 0.00304. The van der Waals surface area contributed by atoms with Crippen LogP contribution in [0.3, 0.4) is 0 Å². The Kier molecular flexibility index (Phi) is 4.07. The van der Waals surface area contributed by atoms with Gasteiger partial charge in [0, 0.05) is 32.1 Å². The average molecular weight is 285 g/mol. The minimum atomic E-state index is -3.30. The largest absolute Gasteiger partial charge is 0.370 e. The second-order valence-electron chi connectivity index (χ2n) is 4.81. The zero-order chi connectivity index (χ0) is 14.0. The van der Waals surface area contributed by atoms with E-state index in [9.17, 15) is 8.42 Å². The van der Waals surface area contributed by atoms with Crippen molar-refractivity contribution in [1.29, 1.82) is 0 Å². The van der Waals surface area contributed by atoms with Gasteiger partial charge in [-0.1, -0.05) is 0 Å². The lowest BCUT2D eigenvalue weighted by molar-refractivity contribution is -0.0108. The molecule has 2 rings (SSSR count). The first-order valence-electron chi connectivity index (χ1n) is 6.17. The van der Waals surface area contributed by atoms with Crippen LogP contribution in [0.5, 0.6) is 0 Å². The average Bonchev–Trinajstić information content (AvgIpc) is 2.37. The van der Waals surface area contributed by atoms with Crippen LogP contribution >= 0.6 is 0 Å². The van der Waals surface area contributed by atoms with Gasteiger partial charge in [0.15, 0.2) is 9.84 Å². The lowest BCUT2D eigenvalue weighted by Crippen LogP contribution is -2.50. The maximum atomic E-state index is 11.8. The molecule has 1 aliphatic rings.